The van der Waals surface area contributed by atoms with Crippen molar-refractivity contribution in [1.29, 1.82) is 0 Å². The van der Waals surface area contributed by atoms with E-state index in [1.165, 1.54) is 11.8 Å². The smallest absolute Gasteiger partial charge is 0.266 e. The molecule has 122 valence electrons. The average molecular weight is 369 g/mol. The quantitative estimate of drug-likeness (QED) is 0.420. The molecule has 0 atom stereocenters. The maximum absolute atomic E-state index is 12.4. The number of rotatable bonds is 7. The lowest BCUT2D eigenvalue weighted by molar-refractivity contribution is -0.305. The molecule has 23 heavy (non-hydrogen) atoms. The second-order valence-electron chi connectivity index (χ2n) is 5.07. The number of carboxylic acid groups (broad SMARTS) is 1. The number of thiocarbonyl (C=S) groups is 1. The highest BCUT2D eigenvalue weighted by molar-refractivity contribution is 8.26. The van der Waals surface area contributed by atoms with Crippen LogP contribution in [-0.2, 0) is 9.59 Å². The Morgan fingerprint density at radius 3 is 2.61 bits per heavy atom. The Bertz CT molecular complexity index is 643. The fourth-order valence-electron chi connectivity index (χ4n) is 2.12. The number of aliphatic carboxylic acids is 1. The molecule has 0 spiro atoms. The van der Waals surface area contributed by atoms with Crippen LogP contribution in [0, 0.1) is 0 Å². The van der Waals surface area contributed by atoms with Crippen molar-refractivity contribution in [3.05, 3.63) is 39.8 Å². The van der Waals surface area contributed by atoms with E-state index in [1.807, 2.05) is 12.1 Å². The minimum atomic E-state index is -1.04. The first kappa shape index (κ1) is 18.0. The van der Waals surface area contributed by atoms with Crippen LogP contribution in [0.25, 0.3) is 6.08 Å². The molecule has 1 aromatic carbocycles. The third kappa shape index (κ3) is 5.34. The van der Waals surface area contributed by atoms with E-state index in [0.29, 0.717) is 33.6 Å². The summed E-state index contributed by atoms with van der Waals surface area (Å²) in [5.41, 5.74) is 0.892. The third-order valence-electron chi connectivity index (χ3n) is 3.30. The zero-order valence-electron chi connectivity index (χ0n) is 12.3. The summed E-state index contributed by atoms with van der Waals surface area (Å²) in [6, 6.07) is 7.22. The Balaban J connectivity index is 1.91. The average Bonchev–Trinajstić information content (AvgIpc) is 2.76. The van der Waals surface area contributed by atoms with E-state index in [2.05, 4.69) is 0 Å². The largest absolute Gasteiger partial charge is 0.550 e. The van der Waals surface area contributed by atoms with E-state index >= 15 is 0 Å². The van der Waals surface area contributed by atoms with Gasteiger partial charge in [-0.2, -0.15) is 0 Å². The van der Waals surface area contributed by atoms with Crippen molar-refractivity contribution >= 4 is 57.9 Å². The number of nitrogens with zero attached hydrogens (tertiary/aromatic N) is 1. The van der Waals surface area contributed by atoms with Crippen LogP contribution in [0.2, 0.25) is 5.02 Å². The maximum Gasteiger partial charge on any atom is 0.266 e. The molecule has 0 radical (unpaired) electrons. The molecule has 1 saturated heterocycles. The van der Waals surface area contributed by atoms with Crippen molar-refractivity contribution in [3.63, 3.8) is 0 Å². The molecular formula is C16H15ClNO3S2-. The predicted molar refractivity (Wildman–Crippen MR) is 94.8 cm³/mol. The van der Waals surface area contributed by atoms with Crippen LogP contribution in [0.1, 0.15) is 31.2 Å². The second-order valence-corrected chi connectivity index (χ2v) is 7.18. The highest BCUT2D eigenvalue weighted by Crippen LogP contribution is 2.32. The molecule has 0 aromatic heterocycles. The molecule has 0 N–H and O–H groups in total. The van der Waals surface area contributed by atoms with Crippen LogP contribution in [0.3, 0.4) is 0 Å². The Morgan fingerprint density at radius 2 is 1.96 bits per heavy atom. The minimum Gasteiger partial charge on any atom is -0.550 e. The number of thioether (sulfide) groups is 1. The SMILES string of the molecule is O=C([O-])CCCCCN1C(=O)/C(=C\c2ccc(Cl)cc2)SC1=S. The van der Waals surface area contributed by atoms with Crippen molar-refractivity contribution in [1.82, 2.24) is 4.90 Å². The minimum absolute atomic E-state index is 0.0505. The number of unbranched alkanes of at least 4 members (excludes halogenated alkanes) is 2. The van der Waals surface area contributed by atoms with Gasteiger partial charge in [0.2, 0.25) is 0 Å². The van der Waals surface area contributed by atoms with Gasteiger partial charge in [-0.3, -0.25) is 9.69 Å². The molecular weight excluding hydrogens is 354 g/mol. The fraction of sp³-hybridized carbons (Fsp3) is 0.312. The van der Waals surface area contributed by atoms with Crippen LogP contribution in [0.5, 0.6) is 0 Å². The molecule has 1 aliphatic rings. The van der Waals surface area contributed by atoms with E-state index in [1.54, 1.807) is 23.1 Å². The second kappa shape index (κ2) is 8.47. The van der Waals surface area contributed by atoms with E-state index in [9.17, 15) is 14.7 Å². The molecule has 1 amide bonds. The van der Waals surface area contributed by atoms with E-state index < -0.39 is 5.97 Å². The summed E-state index contributed by atoms with van der Waals surface area (Å²) in [4.78, 5) is 24.9. The van der Waals surface area contributed by atoms with Gasteiger partial charge in [-0.05, 0) is 43.0 Å². The third-order valence-corrected chi connectivity index (χ3v) is 4.93. The number of hydrogen-bond acceptors (Lipinski definition) is 5. The Kier molecular flexibility index (Phi) is 6.62. The molecule has 1 aromatic rings. The van der Waals surface area contributed by atoms with Gasteiger partial charge in [0.25, 0.3) is 5.91 Å². The number of halogens is 1. The van der Waals surface area contributed by atoms with Crippen LogP contribution in [0.15, 0.2) is 29.2 Å². The standard InChI is InChI=1S/C16H16ClNO3S2/c17-12-7-5-11(6-8-12)10-13-15(21)18(16(22)23-13)9-3-1-2-4-14(19)20/h5-8,10H,1-4,9H2,(H,19,20)/p-1/b13-10+. The summed E-state index contributed by atoms with van der Waals surface area (Å²) in [6.45, 7) is 0.510. The lowest BCUT2D eigenvalue weighted by atomic mass is 10.2. The first-order valence-electron chi connectivity index (χ1n) is 7.18. The number of amides is 1. The summed E-state index contributed by atoms with van der Waals surface area (Å²) < 4.78 is 0.537. The monoisotopic (exact) mass is 368 g/mol. The highest BCUT2D eigenvalue weighted by Gasteiger charge is 2.31. The number of carbonyl (C=O) groups is 2. The number of hydrogen-bond donors (Lipinski definition) is 0. The Morgan fingerprint density at radius 1 is 1.26 bits per heavy atom. The van der Waals surface area contributed by atoms with Crippen LogP contribution < -0.4 is 5.11 Å². The predicted octanol–water partition coefficient (Wildman–Crippen LogP) is 2.85. The van der Waals surface area contributed by atoms with Gasteiger partial charge < -0.3 is 9.90 Å². The topological polar surface area (TPSA) is 60.4 Å². The number of benzene rings is 1. The molecule has 2 rings (SSSR count). The van der Waals surface area contributed by atoms with Crippen LogP contribution in [-0.4, -0.2) is 27.6 Å². The van der Waals surface area contributed by atoms with E-state index in [0.717, 1.165) is 12.0 Å². The maximum atomic E-state index is 12.4. The molecule has 0 unspecified atom stereocenters. The molecule has 1 fully saturated rings. The highest BCUT2D eigenvalue weighted by atomic mass is 35.5. The first-order chi connectivity index (χ1) is 11.0. The zero-order chi connectivity index (χ0) is 16.8. The number of carboxylic acids is 1. The molecule has 7 heteroatoms. The molecule has 0 bridgehead atoms. The van der Waals surface area contributed by atoms with Gasteiger partial charge in [0.1, 0.15) is 4.32 Å². The van der Waals surface area contributed by atoms with E-state index in [4.69, 9.17) is 23.8 Å². The van der Waals surface area contributed by atoms with E-state index in [-0.39, 0.29) is 12.3 Å². The van der Waals surface area contributed by atoms with Crippen molar-refractivity contribution in [2.75, 3.05) is 6.54 Å². The van der Waals surface area contributed by atoms with Gasteiger partial charge in [0.15, 0.2) is 0 Å². The normalized spacial score (nSPS) is 16.4. The molecule has 0 aliphatic carbocycles. The van der Waals surface area contributed by atoms with Gasteiger partial charge in [0.05, 0.1) is 4.91 Å². The first-order valence-corrected chi connectivity index (χ1v) is 8.78. The lowest BCUT2D eigenvalue weighted by Crippen LogP contribution is -2.29. The van der Waals surface area contributed by atoms with Gasteiger partial charge in [-0.25, -0.2) is 0 Å². The lowest BCUT2D eigenvalue weighted by Gasteiger charge is -2.14. The summed E-state index contributed by atoms with van der Waals surface area (Å²) >= 11 is 12.4. The van der Waals surface area contributed by atoms with Crippen molar-refractivity contribution in [2.45, 2.75) is 25.7 Å². The van der Waals surface area contributed by atoms with Crippen molar-refractivity contribution in [3.8, 4) is 0 Å². The fourth-order valence-corrected chi connectivity index (χ4v) is 3.55. The Hall–Kier alpha value is -1.37. The van der Waals surface area contributed by atoms with Gasteiger partial charge in [-0.15, -0.1) is 0 Å². The summed E-state index contributed by atoms with van der Waals surface area (Å²) in [7, 11) is 0. The summed E-state index contributed by atoms with van der Waals surface area (Å²) in [5, 5.41) is 11.0. The van der Waals surface area contributed by atoms with Crippen molar-refractivity contribution < 1.29 is 14.7 Å². The van der Waals surface area contributed by atoms with Crippen LogP contribution >= 0.6 is 35.6 Å². The molecule has 0 saturated carbocycles. The molecule has 4 nitrogen and oxygen atoms in total. The van der Waals surface area contributed by atoms with Gasteiger partial charge >= 0.3 is 0 Å². The Labute approximate surface area is 149 Å². The van der Waals surface area contributed by atoms with Gasteiger partial charge in [0, 0.05) is 17.5 Å². The zero-order valence-corrected chi connectivity index (χ0v) is 14.7. The number of carbonyl (C=O) groups excluding carboxylic acids is 2. The molecule has 1 heterocycles. The molecule has 1 aliphatic heterocycles. The van der Waals surface area contributed by atoms with Gasteiger partial charge in [-0.1, -0.05) is 54.1 Å². The summed E-state index contributed by atoms with van der Waals surface area (Å²) in [5.74, 6) is -1.14. The van der Waals surface area contributed by atoms with Crippen LogP contribution in [0.4, 0.5) is 0 Å². The summed E-state index contributed by atoms with van der Waals surface area (Å²) in [6.07, 6.45) is 3.84. The van der Waals surface area contributed by atoms with Crippen molar-refractivity contribution in [2.24, 2.45) is 0 Å².